The molecular weight excluding hydrogens is 372 g/mol. The largest absolute Gasteiger partial charge is 0.469 e. The van der Waals surface area contributed by atoms with Gasteiger partial charge in [-0.3, -0.25) is 14.4 Å². The van der Waals surface area contributed by atoms with E-state index in [2.05, 4.69) is 15.7 Å². The van der Waals surface area contributed by atoms with Gasteiger partial charge in [0, 0.05) is 24.2 Å². The Labute approximate surface area is 170 Å². The molecule has 0 aliphatic rings. The number of carbonyl (C=O) groups excluding carboxylic acids is 3. The van der Waals surface area contributed by atoms with Crippen LogP contribution in [0.15, 0.2) is 24.3 Å². The van der Waals surface area contributed by atoms with Crippen molar-refractivity contribution < 1.29 is 19.1 Å². The number of rotatable bonds is 8. The molecule has 0 saturated heterocycles. The average molecular weight is 400 g/mol. The number of aromatic nitrogens is 2. The number of hydrogen-bond acceptors (Lipinski definition) is 5. The molecule has 1 atom stereocenters. The molecule has 0 spiro atoms. The van der Waals surface area contributed by atoms with Gasteiger partial charge in [0.15, 0.2) is 0 Å². The lowest BCUT2D eigenvalue weighted by molar-refractivity contribution is -0.140. The summed E-state index contributed by atoms with van der Waals surface area (Å²) in [6.07, 6.45) is 0.856. The Morgan fingerprint density at radius 2 is 1.83 bits per heavy atom. The van der Waals surface area contributed by atoms with Crippen molar-refractivity contribution in [3.05, 3.63) is 46.8 Å². The molecule has 0 fully saturated rings. The van der Waals surface area contributed by atoms with Gasteiger partial charge in [0.25, 0.3) is 5.91 Å². The maximum atomic E-state index is 12.4. The highest BCUT2D eigenvalue weighted by atomic mass is 16.5. The van der Waals surface area contributed by atoms with Crippen LogP contribution >= 0.6 is 0 Å². The summed E-state index contributed by atoms with van der Waals surface area (Å²) in [5.41, 5.74) is 4.06. The zero-order valence-electron chi connectivity index (χ0n) is 17.5. The molecular formula is C21H28N4O4. The Morgan fingerprint density at radius 3 is 2.41 bits per heavy atom. The smallest absolute Gasteiger partial charge is 0.305 e. The molecule has 0 bridgehead atoms. The van der Waals surface area contributed by atoms with Gasteiger partial charge in [-0.15, -0.1) is 0 Å². The molecule has 2 aromatic rings. The van der Waals surface area contributed by atoms with Crippen LogP contribution in [-0.4, -0.2) is 47.3 Å². The number of nitrogens with one attached hydrogen (secondary N) is 2. The van der Waals surface area contributed by atoms with E-state index in [9.17, 15) is 14.4 Å². The lowest BCUT2D eigenvalue weighted by Crippen LogP contribution is -2.44. The zero-order valence-corrected chi connectivity index (χ0v) is 17.5. The van der Waals surface area contributed by atoms with Crippen LogP contribution in [-0.2, 0) is 20.7 Å². The number of carbonyl (C=O) groups is 3. The SMILES string of the molecule is CCNC(=O)[C@H](C)NC(=O)c1ccc(-n2nc(C)c(CCC(=O)OC)c2C)cc1. The monoisotopic (exact) mass is 400 g/mol. The second-order valence-electron chi connectivity index (χ2n) is 6.77. The summed E-state index contributed by atoms with van der Waals surface area (Å²) in [5, 5.41) is 9.92. The average Bonchev–Trinajstić information content (AvgIpc) is 2.99. The van der Waals surface area contributed by atoms with E-state index >= 15 is 0 Å². The Kier molecular flexibility index (Phi) is 7.52. The molecule has 29 heavy (non-hydrogen) atoms. The van der Waals surface area contributed by atoms with E-state index in [0.717, 1.165) is 22.6 Å². The van der Waals surface area contributed by atoms with Crippen molar-refractivity contribution in [2.45, 2.75) is 46.6 Å². The highest BCUT2D eigenvalue weighted by molar-refractivity contribution is 5.97. The van der Waals surface area contributed by atoms with Gasteiger partial charge in [-0.2, -0.15) is 5.10 Å². The first-order valence-corrected chi connectivity index (χ1v) is 9.59. The topological polar surface area (TPSA) is 102 Å². The first-order chi connectivity index (χ1) is 13.8. The van der Waals surface area contributed by atoms with Gasteiger partial charge in [-0.05, 0) is 63.9 Å². The molecule has 1 aromatic carbocycles. The van der Waals surface area contributed by atoms with Crippen molar-refractivity contribution >= 4 is 17.8 Å². The molecule has 2 N–H and O–H groups in total. The van der Waals surface area contributed by atoms with Crippen molar-refractivity contribution in [3.63, 3.8) is 0 Å². The van der Waals surface area contributed by atoms with E-state index in [1.807, 2.05) is 20.8 Å². The van der Waals surface area contributed by atoms with E-state index in [1.54, 1.807) is 35.9 Å². The number of methoxy groups -OCH3 is 1. The Balaban J connectivity index is 2.13. The van der Waals surface area contributed by atoms with Gasteiger partial charge in [-0.25, -0.2) is 4.68 Å². The number of benzene rings is 1. The molecule has 1 aromatic heterocycles. The van der Waals surface area contributed by atoms with Gasteiger partial charge < -0.3 is 15.4 Å². The lowest BCUT2D eigenvalue weighted by Gasteiger charge is -2.13. The Morgan fingerprint density at radius 1 is 1.17 bits per heavy atom. The summed E-state index contributed by atoms with van der Waals surface area (Å²) in [6.45, 7) is 7.83. The first-order valence-electron chi connectivity index (χ1n) is 9.59. The maximum absolute atomic E-state index is 12.4. The highest BCUT2D eigenvalue weighted by Gasteiger charge is 2.17. The van der Waals surface area contributed by atoms with E-state index in [4.69, 9.17) is 4.74 Å². The number of nitrogens with zero attached hydrogens (tertiary/aromatic N) is 2. The standard InChI is InChI=1S/C21H28N4O4/c1-6-22-20(27)14(3)23-21(28)16-7-9-17(10-8-16)25-15(4)18(13(2)24-25)11-12-19(26)29-5/h7-10,14H,6,11-12H2,1-5H3,(H,22,27)(H,23,28)/t14-/m0/s1. The fourth-order valence-electron chi connectivity index (χ4n) is 3.04. The molecule has 0 radical (unpaired) electrons. The summed E-state index contributed by atoms with van der Waals surface area (Å²) >= 11 is 0. The third-order valence-corrected chi connectivity index (χ3v) is 4.71. The second kappa shape index (κ2) is 9.86. The minimum absolute atomic E-state index is 0.223. The summed E-state index contributed by atoms with van der Waals surface area (Å²) < 4.78 is 6.50. The van der Waals surface area contributed by atoms with Crippen molar-refractivity contribution in [1.29, 1.82) is 0 Å². The first kappa shape index (κ1) is 22.1. The molecule has 0 aliphatic heterocycles. The maximum Gasteiger partial charge on any atom is 0.305 e. The summed E-state index contributed by atoms with van der Waals surface area (Å²) in [6, 6.07) is 6.37. The summed E-state index contributed by atoms with van der Waals surface area (Å²) in [4.78, 5) is 35.6. The van der Waals surface area contributed by atoms with Gasteiger partial charge >= 0.3 is 5.97 Å². The second-order valence-corrected chi connectivity index (χ2v) is 6.77. The number of ether oxygens (including phenoxy) is 1. The molecule has 0 unspecified atom stereocenters. The van der Waals surface area contributed by atoms with E-state index < -0.39 is 6.04 Å². The van der Waals surface area contributed by atoms with Gasteiger partial charge in [0.1, 0.15) is 6.04 Å². The van der Waals surface area contributed by atoms with Crippen molar-refractivity contribution in [1.82, 2.24) is 20.4 Å². The van der Waals surface area contributed by atoms with Crippen LogP contribution < -0.4 is 10.6 Å². The van der Waals surface area contributed by atoms with E-state index in [1.165, 1.54) is 7.11 Å². The van der Waals surface area contributed by atoms with E-state index in [-0.39, 0.29) is 17.8 Å². The molecule has 0 saturated carbocycles. The fourth-order valence-corrected chi connectivity index (χ4v) is 3.04. The van der Waals surface area contributed by atoms with Crippen LogP contribution in [0.5, 0.6) is 0 Å². The van der Waals surface area contributed by atoms with Crippen LogP contribution in [0.4, 0.5) is 0 Å². The third-order valence-electron chi connectivity index (χ3n) is 4.71. The summed E-state index contributed by atoms with van der Waals surface area (Å²) in [7, 11) is 1.38. The zero-order chi connectivity index (χ0) is 21.6. The van der Waals surface area contributed by atoms with Crippen molar-refractivity contribution in [2.24, 2.45) is 0 Å². The van der Waals surface area contributed by atoms with Crippen LogP contribution in [0.1, 0.15) is 47.6 Å². The predicted octanol–water partition coefficient (Wildman–Crippen LogP) is 1.85. The molecule has 2 rings (SSSR count). The fraction of sp³-hybridized carbons (Fsp3) is 0.429. The van der Waals surface area contributed by atoms with Crippen molar-refractivity contribution in [3.8, 4) is 5.69 Å². The Bertz CT molecular complexity index is 887. The van der Waals surface area contributed by atoms with Gasteiger partial charge in [0.05, 0.1) is 18.5 Å². The normalized spacial score (nSPS) is 11.6. The molecule has 8 heteroatoms. The lowest BCUT2D eigenvalue weighted by atomic mass is 10.1. The Hall–Kier alpha value is -3.16. The molecule has 0 aliphatic carbocycles. The van der Waals surface area contributed by atoms with E-state index in [0.29, 0.717) is 24.9 Å². The molecule has 2 amide bonds. The van der Waals surface area contributed by atoms with Gasteiger partial charge in [0.2, 0.25) is 5.91 Å². The molecule has 8 nitrogen and oxygen atoms in total. The third kappa shape index (κ3) is 5.43. The number of esters is 1. The highest BCUT2D eigenvalue weighted by Crippen LogP contribution is 2.20. The number of aryl methyl sites for hydroxylation is 1. The van der Waals surface area contributed by atoms with Gasteiger partial charge in [-0.1, -0.05) is 0 Å². The molecule has 156 valence electrons. The summed E-state index contributed by atoms with van der Waals surface area (Å²) in [5.74, 6) is -0.796. The number of amides is 2. The van der Waals surface area contributed by atoms with Crippen LogP contribution in [0.2, 0.25) is 0 Å². The number of hydrogen-bond donors (Lipinski definition) is 2. The number of likely N-dealkylation sites (N-methyl/N-ethyl adjacent to an activating group) is 1. The minimum atomic E-state index is -0.615. The van der Waals surface area contributed by atoms with Crippen LogP contribution in [0.25, 0.3) is 5.69 Å². The quantitative estimate of drug-likeness (QED) is 0.659. The van der Waals surface area contributed by atoms with Crippen LogP contribution in [0.3, 0.4) is 0 Å². The van der Waals surface area contributed by atoms with Crippen LogP contribution in [0, 0.1) is 13.8 Å². The minimum Gasteiger partial charge on any atom is -0.469 e. The predicted molar refractivity (Wildman–Crippen MR) is 109 cm³/mol. The van der Waals surface area contributed by atoms with Crippen molar-refractivity contribution in [2.75, 3.05) is 13.7 Å². The molecule has 1 heterocycles.